The van der Waals surface area contributed by atoms with Crippen LogP contribution in [-0.2, 0) is 4.79 Å². The van der Waals surface area contributed by atoms with Crippen molar-refractivity contribution >= 4 is 41.1 Å². The Morgan fingerprint density at radius 2 is 1.86 bits per heavy atom. The van der Waals surface area contributed by atoms with Crippen LogP contribution in [0.15, 0.2) is 0 Å². The Morgan fingerprint density at radius 1 is 1.36 bits per heavy atom. The molecule has 2 nitrogen and oxygen atoms in total. The van der Waals surface area contributed by atoms with Gasteiger partial charge in [-0.25, -0.2) is 0 Å². The van der Waals surface area contributed by atoms with Crippen molar-refractivity contribution in [3.8, 4) is 0 Å². The summed E-state index contributed by atoms with van der Waals surface area (Å²) in [5.41, 5.74) is 0. The van der Waals surface area contributed by atoms with Crippen molar-refractivity contribution in [1.82, 2.24) is 0 Å². The molecule has 0 aromatic carbocycles. The number of hydrogen-bond acceptors (Lipinski definition) is 2. The standard InChI is InChI=1S/C8H17.C2H4O2S.Sn.H/c1-4-5-6-7-8(2)3;3-2(4)1-5;;/h8H,1,4-7H2,2-3H3;5H,1H2,(H,3,4);;. The summed E-state index contributed by atoms with van der Waals surface area (Å²) >= 11 is 4.87. The predicted octanol–water partition coefficient (Wildman–Crippen LogP) is 2.52. The van der Waals surface area contributed by atoms with Crippen LogP contribution in [0.3, 0.4) is 0 Å². The van der Waals surface area contributed by atoms with E-state index in [0.717, 1.165) is 5.92 Å². The summed E-state index contributed by atoms with van der Waals surface area (Å²) in [7, 11) is 0. The largest absolute Gasteiger partial charge is 0.481 e. The summed E-state index contributed by atoms with van der Waals surface area (Å²) in [5.74, 6) is -0.0494. The van der Waals surface area contributed by atoms with Crippen LogP contribution in [0.1, 0.15) is 39.5 Å². The van der Waals surface area contributed by atoms with E-state index < -0.39 is 5.97 Å². The summed E-state index contributed by atoms with van der Waals surface area (Å²) in [6.07, 6.45) is 5.84. The van der Waals surface area contributed by atoms with Gasteiger partial charge in [0.25, 0.3) is 0 Å². The number of carbonyl (C=O) groups is 1. The summed E-state index contributed by atoms with van der Waals surface area (Å²) in [4.78, 5) is 9.29. The van der Waals surface area contributed by atoms with Crippen LogP contribution >= 0.6 is 12.6 Å². The maximum absolute atomic E-state index is 9.29. The monoisotopic (exact) mass is 326 g/mol. The molecule has 84 valence electrons. The van der Waals surface area contributed by atoms with Gasteiger partial charge in [0, 0.05) is 0 Å². The topological polar surface area (TPSA) is 37.3 Å². The third-order valence-corrected chi connectivity index (χ3v) is 3.06. The normalized spacial score (nSPS) is 9.50. The Labute approximate surface area is 106 Å². The molecule has 0 fully saturated rings. The fraction of sp³-hybridized carbons (Fsp3) is 0.900. The molecule has 0 heterocycles. The van der Waals surface area contributed by atoms with Gasteiger partial charge in [-0.3, -0.25) is 4.79 Å². The number of rotatable bonds is 6. The van der Waals surface area contributed by atoms with E-state index in [0.29, 0.717) is 0 Å². The van der Waals surface area contributed by atoms with Gasteiger partial charge in [-0.05, 0) is 0 Å². The minimum absolute atomic E-state index is 0.0833. The van der Waals surface area contributed by atoms with Gasteiger partial charge in [0.15, 0.2) is 0 Å². The molecule has 0 aliphatic heterocycles. The molecule has 0 saturated carbocycles. The van der Waals surface area contributed by atoms with Crippen molar-refractivity contribution in [2.75, 3.05) is 5.75 Å². The second-order valence-electron chi connectivity index (χ2n) is 3.58. The third kappa shape index (κ3) is 22.9. The van der Waals surface area contributed by atoms with Crippen LogP contribution in [0.4, 0.5) is 0 Å². The number of carboxylic acid groups (broad SMARTS) is 1. The third-order valence-electron chi connectivity index (χ3n) is 1.62. The van der Waals surface area contributed by atoms with Gasteiger partial charge in [0.1, 0.15) is 0 Å². The van der Waals surface area contributed by atoms with E-state index >= 15 is 0 Å². The number of thiol groups is 1. The van der Waals surface area contributed by atoms with Gasteiger partial charge in [-0.1, -0.05) is 0 Å². The fourth-order valence-electron chi connectivity index (χ4n) is 0.874. The molecule has 0 saturated heterocycles. The Hall–Kier alpha value is 0.619. The fourth-order valence-corrected chi connectivity index (χ4v) is 1.70. The van der Waals surface area contributed by atoms with Gasteiger partial charge < -0.3 is 5.11 Å². The van der Waals surface area contributed by atoms with E-state index in [2.05, 4.69) is 26.5 Å². The zero-order valence-electron chi connectivity index (χ0n) is 9.20. The van der Waals surface area contributed by atoms with E-state index in [1.807, 2.05) is 0 Å². The van der Waals surface area contributed by atoms with Crippen molar-refractivity contribution in [2.45, 2.75) is 44.0 Å². The molecule has 4 heteroatoms. The van der Waals surface area contributed by atoms with Crippen molar-refractivity contribution in [3.05, 3.63) is 0 Å². The second kappa shape index (κ2) is 13.6. The van der Waals surface area contributed by atoms with E-state index in [-0.39, 0.29) is 5.75 Å². The zero-order chi connectivity index (χ0) is 11.4. The quantitative estimate of drug-likeness (QED) is 0.447. The van der Waals surface area contributed by atoms with Crippen LogP contribution in [0.2, 0.25) is 4.44 Å². The van der Waals surface area contributed by atoms with Crippen molar-refractivity contribution in [1.29, 1.82) is 0 Å². The molecule has 0 aliphatic rings. The SMILES string of the molecule is CC(C)CCCC[CH2][SnH].O=C(O)CS. The average Bonchev–Trinajstić information content (AvgIpc) is 2.13. The maximum atomic E-state index is 9.29. The van der Waals surface area contributed by atoms with Crippen molar-refractivity contribution < 1.29 is 9.90 Å². The Bertz CT molecular complexity index is 129. The zero-order valence-corrected chi connectivity index (χ0v) is 13.4. The number of hydrogen-bond donors (Lipinski definition) is 2. The van der Waals surface area contributed by atoms with E-state index in [9.17, 15) is 4.79 Å². The Balaban J connectivity index is 0. The molecule has 0 aliphatic carbocycles. The first-order valence-corrected chi connectivity index (χ1v) is 8.03. The molecule has 14 heavy (non-hydrogen) atoms. The molecule has 0 amide bonds. The summed E-state index contributed by atoms with van der Waals surface area (Å²) in [6, 6.07) is 0. The second-order valence-corrected chi connectivity index (χ2v) is 5.55. The first-order chi connectivity index (χ1) is 6.54. The van der Waals surface area contributed by atoms with Gasteiger partial charge >= 0.3 is 78.4 Å². The van der Waals surface area contributed by atoms with E-state index in [4.69, 9.17) is 5.11 Å². The molecule has 0 spiro atoms. The smallest absolute Gasteiger partial charge is 0.313 e. The van der Waals surface area contributed by atoms with Crippen molar-refractivity contribution in [2.24, 2.45) is 5.92 Å². The minimum Gasteiger partial charge on any atom is -0.481 e. The van der Waals surface area contributed by atoms with Gasteiger partial charge in [-0.15, -0.1) is 0 Å². The van der Waals surface area contributed by atoms with Crippen LogP contribution < -0.4 is 0 Å². The number of aliphatic carboxylic acids is 1. The first-order valence-electron chi connectivity index (χ1n) is 5.07. The van der Waals surface area contributed by atoms with Crippen LogP contribution in [-0.4, -0.2) is 39.4 Å². The van der Waals surface area contributed by atoms with Crippen LogP contribution in [0.25, 0.3) is 0 Å². The molecule has 0 aromatic heterocycles. The first kappa shape index (κ1) is 17.0. The molecule has 0 aromatic rings. The Morgan fingerprint density at radius 3 is 2.14 bits per heavy atom. The Kier molecular flexibility index (Phi) is 16.6. The number of carboxylic acids is 1. The van der Waals surface area contributed by atoms with E-state index in [1.54, 1.807) is 0 Å². The van der Waals surface area contributed by atoms with Crippen molar-refractivity contribution in [3.63, 3.8) is 0 Å². The van der Waals surface area contributed by atoms with Crippen LogP contribution in [0.5, 0.6) is 0 Å². The summed E-state index contributed by atoms with van der Waals surface area (Å²) in [6.45, 7) is 4.61. The molecule has 2 radical (unpaired) electrons. The predicted molar refractivity (Wildman–Crippen MR) is 66.8 cm³/mol. The molecule has 0 atom stereocenters. The minimum atomic E-state index is -0.881. The van der Waals surface area contributed by atoms with E-state index in [1.165, 1.54) is 52.6 Å². The maximum Gasteiger partial charge on any atom is 0.313 e. The number of unbranched alkanes of at least 4 members (excludes halogenated alkanes) is 2. The average molecular weight is 325 g/mol. The van der Waals surface area contributed by atoms with Gasteiger partial charge in [0.2, 0.25) is 0 Å². The summed E-state index contributed by atoms with van der Waals surface area (Å²) in [5, 5.41) is 7.65. The molecule has 0 bridgehead atoms. The molecular weight excluding hydrogens is 303 g/mol. The molecule has 1 N–H and O–H groups in total. The van der Waals surface area contributed by atoms with Gasteiger partial charge in [-0.2, -0.15) is 12.6 Å². The summed E-state index contributed by atoms with van der Waals surface area (Å²) < 4.78 is 1.49. The van der Waals surface area contributed by atoms with Gasteiger partial charge in [0.05, 0.1) is 5.75 Å². The molecule has 0 unspecified atom stereocenters. The van der Waals surface area contributed by atoms with Crippen LogP contribution in [0, 0.1) is 5.92 Å². The molecule has 0 rings (SSSR count). The molecular formula is C10H22O2SSn.